The molecule has 0 saturated carbocycles. The fraction of sp³-hybridized carbons (Fsp3) is 0.188. The van der Waals surface area contributed by atoms with Crippen LogP contribution in [0.4, 0.5) is 28.9 Å². The second-order valence-corrected chi connectivity index (χ2v) is 5.19. The molecule has 0 saturated heterocycles. The first kappa shape index (κ1) is 19.2. The lowest BCUT2D eigenvalue weighted by molar-refractivity contribution is -0.386. The maximum atomic E-state index is 13.2. The van der Waals surface area contributed by atoms with Gasteiger partial charge in [0.25, 0.3) is 5.91 Å². The summed E-state index contributed by atoms with van der Waals surface area (Å²) in [6, 6.07) is 6.22. The molecule has 0 fully saturated rings. The number of hydrogen-bond acceptors (Lipinski definition) is 4. The highest BCUT2D eigenvalue weighted by molar-refractivity contribution is 5.94. The van der Waals surface area contributed by atoms with Gasteiger partial charge in [-0.1, -0.05) is 0 Å². The molecule has 0 bridgehead atoms. The van der Waals surface area contributed by atoms with E-state index in [1.807, 2.05) is 0 Å². The lowest BCUT2D eigenvalue weighted by atomic mass is 10.2. The van der Waals surface area contributed by atoms with Crippen LogP contribution in [0.2, 0.25) is 0 Å². The molecule has 2 aromatic rings. The van der Waals surface area contributed by atoms with Crippen LogP contribution in [0.1, 0.15) is 12.5 Å². The Bertz CT molecular complexity index is 822. The van der Waals surface area contributed by atoms with E-state index in [9.17, 15) is 32.5 Å². The number of halogens is 4. The van der Waals surface area contributed by atoms with Crippen molar-refractivity contribution in [2.45, 2.75) is 19.2 Å². The van der Waals surface area contributed by atoms with E-state index in [1.165, 1.54) is 6.92 Å². The van der Waals surface area contributed by atoms with E-state index in [0.717, 1.165) is 42.5 Å². The normalized spacial score (nSPS) is 12.3. The number of alkyl halides is 3. The summed E-state index contributed by atoms with van der Waals surface area (Å²) in [7, 11) is 0. The topological polar surface area (TPSA) is 81.5 Å². The summed E-state index contributed by atoms with van der Waals surface area (Å²) in [5.74, 6) is -2.01. The molecule has 1 amide bonds. The zero-order chi connectivity index (χ0) is 19.5. The number of carbonyl (C=O) groups is 1. The lowest BCUT2D eigenvalue weighted by Crippen LogP contribution is -2.30. The molecule has 0 aromatic heterocycles. The first-order valence-electron chi connectivity index (χ1n) is 7.16. The number of ether oxygens (including phenoxy) is 1. The van der Waals surface area contributed by atoms with Crippen molar-refractivity contribution in [2.75, 3.05) is 5.32 Å². The van der Waals surface area contributed by atoms with E-state index < -0.39 is 45.9 Å². The van der Waals surface area contributed by atoms with Crippen molar-refractivity contribution in [2.24, 2.45) is 0 Å². The van der Waals surface area contributed by atoms with Gasteiger partial charge < -0.3 is 10.1 Å². The third-order valence-corrected chi connectivity index (χ3v) is 3.27. The fourth-order valence-corrected chi connectivity index (χ4v) is 1.96. The van der Waals surface area contributed by atoms with Crippen LogP contribution in [0.3, 0.4) is 0 Å². The summed E-state index contributed by atoms with van der Waals surface area (Å²) in [4.78, 5) is 22.1. The zero-order valence-electron chi connectivity index (χ0n) is 13.2. The van der Waals surface area contributed by atoms with Gasteiger partial charge in [0.1, 0.15) is 5.82 Å². The van der Waals surface area contributed by atoms with Gasteiger partial charge in [0.05, 0.1) is 10.5 Å². The summed E-state index contributed by atoms with van der Waals surface area (Å²) in [5, 5.41) is 13.2. The average Bonchev–Trinajstić information content (AvgIpc) is 2.54. The summed E-state index contributed by atoms with van der Waals surface area (Å²) >= 11 is 0. The summed E-state index contributed by atoms with van der Waals surface area (Å²) in [6.07, 6.45) is -5.77. The summed E-state index contributed by atoms with van der Waals surface area (Å²) < 4.78 is 55.9. The van der Waals surface area contributed by atoms with Gasteiger partial charge in [0.2, 0.25) is 5.75 Å². The van der Waals surface area contributed by atoms with Crippen LogP contribution in [0.25, 0.3) is 0 Å². The van der Waals surface area contributed by atoms with Crippen LogP contribution in [-0.4, -0.2) is 16.9 Å². The van der Waals surface area contributed by atoms with Crippen molar-refractivity contribution in [1.82, 2.24) is 0 Å². The molecule has 26 heavy (non-hydrogen) atoms. The number of nitro groups is 1. The van der Waals surface area contributed by atoms with Crippen LogP contribution in [0.15, 0.2) is 42.5 Å². The summed E-state index contributed by atoms with van der Waals surface area (Å²) in [5.41, 5.74) is -1.33. The molecule has 0 aliphatic carbocycles. The fourth-order valence-electron chi connectivity index (χ4n) is 1.96. The molecule has 1 atom stereocenters. The largest absolute Gasteiger partial charge is 0.474 e. The number of benzene rings is 2. The third-order valence-electron chi connectivity index (χ3n) is 3.27. The Hall–Kier alpha value is -3.17. The Morgan fingerprint density at radius 2 is 1.81 bits per heavy atom. The van der Waals surface area contributed by atoms with Crippen LogP contribution < -0.4 is 10.1 Å². The maximum Gasteiger partial charge on any atom is 0.416 e. The smallest absolute Gasteiger partial charge is 0.416 e. The maximum absolute atomic E-state index is 13.2. The number of nitro benzene ring substituents is 1. The molecule has 2 rings (SSSR count). The van der Waals surface area contributed by atoms with Gasteiger partial charge in [0.15, 0.2) is 6.10 Å². The second kappa shape index (κ2) is 7.38. The number of amides is 1. The van der Waals surface area contributed by atoms with Crippen molar-refractivity contribution in [3.8, 4) is 5.75 Å². The minimum atomic E-state index is -4.50. The highest BCUT2D eigenvalue weighted by atomic mass is 19.4. The van der Waals surface area contributed by atoms with Gasteiger partial charge in [-0.3, -0.25) is 14.9 Å². The van der Waals surface area contributed by atoms with Gasteiger partial charge in [-0.25, -0.2) is 4.39 Å². The standard InChI is InChI=1S/C16H12F4N2O4/c1-9(26-14-8-11(17)4-7-13(14)22(24)25)15(23)21-12-5-2-10(3-6-12)16(18,19)20/h2-9H,1H3,(H,21,23). The monoisotopic (exact) mass is 372 g/mol. The molecule has 10 heteroatoms. The molecular formula is C16H12F4N2O4. The van der Waals surface area contributed by atoms with Crippen molar-refractivity contribution < 1.29 is 32.0 Å². The third kappa shape index (κ3) is 4.68. The molecule has 0 radical (unpaired) electrons. The van der Waals surface area contributed by atoms with Crippen molar-refractivity contribution in [3.63, 3.8) is 0 Å². The number of anilines is 1. The van der Waals surface area contributed by atoms with E-state index in [0.29, 0.717) is 0 Å². The Labute approximate surface area is 144 Å². The lowest BCUT2D eigenvalue weighted by Gasteiger charge is -2.15. The highest BCUT2D eigenvalue weighted by Crippen LogP contribution is 2.30. The second-order valence-electron chi connectivity index (χ2n) is 5.19. The number of nitrogens with one attached hydrogen (secondary N) is 1. The molecule has 6 nitrogen and oxygen atoms in total. The Kier molecular flexibility index (Phi) is 5.44. The van der Waals surface area contributed by atoms with Crippen molar-refractivity contribution >= 4 is 17.3 Å². The first-order valence-corrected chi connectivity index (χ1v) is 7.16. The zero-order valence-corrected chi connectivity index (χ0v) is 13.2. The first-order chi connectivity index (χ1) is 12.1. The predicted molar refractivity (Wildman–Crippen MR) is 83.2 cm³/mol. The number of rotatable bonds is 5. The van der Waals surface area contributed by atoms with Gasteiger partial charge in [-0.2, -0.15) is 13.2 Å². The van der Waals surface area contributed by atoms with Crippen LogP contribution >= 0.6 is 0 Å². The minimum Gasteiger partial charge on any atom is -0.474 e. The Morgan fingerprint density at radius 3 is 2.35 bits per heavy atom. The van der Waals surface area contributed by atoms with E-state index in [2.05, 4.69) is 5.32 Å². The molecule has 2 aromatic carbocycles. The molecule has 1 unspecified atom stereocenters. The van der Waals surface area contributed by atoms with E-state index >= 15 is 0 Å². The predicted octanol–water partition coefficient (Wildman–Crippen LogP) is 4.16. The van der Waals surface area contributed by atoms with Crippen molar-refractivity contribution in [1.29, 1.82) is 0 Å². The minimum absolute atomic E-state index is 0.0761. The van der Waals surface area contributed by atoms with Gasteiger partial charge in [-0.05, 0) is 37.3 Å². The number of nitrogens with zero attached hydrogens (tertiary/aromatic N) is 1. The van der Waals surface area contributed by atoms with Crippen molar-refractivity contribution in [3.05, 3.63) is 64.0 Å². The van der Waals surface area contributed by atoms with E-state index in [1.54, 1.807) is 0 Å². The van der Waals surface area contributed by atoms with Crippen LogP contribution in [-0.2, 0) is 11.0 Å². The van der Waals surface area contributed by atoms with Gasteiger partial charge in [0, 0.05) is 17.8 Å². The van der Waals surface area contributed by atoms with Gasteiger partial charge in [-0.15, -0.1) is 0 Å². The van der Waals surface area contributed by atoms with Crippen LogP contribution in [0.5, 0.6) is 5.75 Å². The molecule has 0 aliphatic heterocycles. The average molecular weight is 372 g/mol. The highest BCUT2D eigenvalue weighted by Gasteiger charge is 2.30. The number of carbonyl (C=O) groups excluding carboxylic acids is 1. The number of hydrogen-bond donors (Lipinski definition) is 1. The Balaban J connectivity index is 2.09. The molecule has 1 N–H and O–H groups in total. The SMILES string of the molecule is CC(Oc1cc(F)ccc1[N+](=O)[O-])C(=O)Nc1ccc(C(F)(F)F)cc1. The van der Waals surface area contributed by atoms with E-state index in [4.69, 9.17) is 4.74 Å². The molecule has 0 spiro atoms. The Morgan fingerprint density at radius 1 is 1.19 bits per heavy atom. The molecular weight excluding hydrogens is 360 g/mol. The quantitative estimate of drug-likeness (QED) is 0.485. The molecule has 0 heterocycles. The molecule has 0 aliphatic rings. The summed E-state index contributed by atoms with van der Waals surface area (Å²) in [6.45, 7) is 1.26. The van der Waals surface area contributed by atoms with Crippen LogP contribution in [0, 0.1) is 15.9 Å². The molecule has 138 valence electrons. The van der Waals surface area contributed by atoms with E-state index in [-0.39, 0.29) is 5.69 Å². The van der Waals surface area contributed by atoms with Gasteiger partial charge >= 0.3 is 11.9 Å².